The molecule has 3 saturated heterocycles. The van der Waals surface area contributed by atoms with Crippen LogP contribution in [0.1, 0.15) is 89.0 Å². The van der Waals surface area contributed by atoms with Crippen LogP contribution in [0.3, 0.4) is 0 Å². The molecule has 12 heteroatoms. The highest BCUT2D eigenvalue weighted by Gasteiger charge is 2.73. The molecule has 0 spiro atoms. The van der Waals surface area contributed by atoms with Crippen molar-refractivity contribution in [2.24, 2.45) is 34.5 Å². The molecule has 7 fully saturated rings. The molecule has 0 radical (unpaired) electrons. The number of esters is 3. The fraction of sp³-hybridized carbons (Fsp3) is 0.714. The van der Waals surface area contributed by atoms with Crippen molar-refractivity contribution in [1.29, 1.82) is 0 Å². The van der Waals surface area contributed by atoms with E-state index in [1.54, 1.807) is 6.08 Å². The molecule has 4 heterocycles. The number of benzene rings is 1. The molecule has 4 aliphatic carbocycles. The van der Waals surface area contributed by atoms with E-state index in [-0.39, 0.29) is 108 Å². The number of fused-ring (bicyclic) bond motifs is 10. The lowest BCUT2D eigenvalue weighted by Gasteiger charge is -2.63. The van der Waals surface area contributed by atoms with Crippen LogP contribution in [0.2, 0.25) is 0 Å². The average Bonchev–Trinajstić information content (AvgIpc) is 3.69. The van der Waals surface area contributed by atoms with E-state index in [0.717, 1.165) is 43.2 Å². The lowest BCUT2D eigenvalue weighted by atomic mass is 9.43. The van der Waals surface area contributed by atoms with Crippen LogP contribution in [0, 0.1) is 34.5 Å². The van der Waals surface area contributed by atoms with Crippen molar-refractivity contribution in [1.82, 2.24) is 0 Å². The van der Waals surface area contributed by atoms with E-state index in [0.29, 0.717) is 49.6 Å². The van der Waals surface area contributed by atoms with E-state index in [2.05, 4.69) is 14.0 Å². The molecular weight excluding hydrogens is 758 g/mol. The van der Waals surface area contributed by atoms with Gasteiger partial charge in [-0.05, 0) is 92.6 Å². The number of quaternary nitrogens is 1. The van der Waals surface area contributed by atoms with Crippen LogP contribution in [0.4, 0.5) is 0 Å². The largest absolute Gasteiger partial charge is 1.00 e. The summed E-state index contributed by atoms with van der Waals surface area (Å²) in [4.78, 5) is 52.0. The molecule has 13 atom stereocenters. The Morgan fingerprint density at radius 2 is 1.70 bits per heavy atom. The number of aldehydes is 1. The lowest BCUT2D eigenvalue weighted by Crippen LogP contribution is -3.00. The van der Waals surface area contributed by atoms with Crippen molar-refractivity contribution in [3.8, 4) is 0 Å². The number of cyclic esters (lactones) is 1. The van der Waals surface area contributed by atoms with Gasteiger partial charge in [0.05, 0.1) is 19.3 Å². The van der Waals surface area contributed by atoms with Gasteiger partial charge in [0.1, 0.15) is 55.3 Å². The minimum atomic E-state index is -0.895. The van der Waals surface area contributed by atoms with Crippen LogP contribution >= 0.6 is 0 Å². The van der Waals surface area contributed by atoms with E-state index in [1.807, 2.05) is 30.3 Å². The summed E-state index contributed by atoms with van der Waals surface area (Å²) in [5, 5.41) is 22.5. The van der Waals surface area contributed by atoms with Gasteiger partial charge in [-0.2, -0.15) is 0 Å². The number of aliphatic hydroxyl groups is 2. The van der Waals surface area contributed by atoms with Crippen molar-refractivity contribution in [2.45, 2.75) is 126 Å². The highest BCUT2D eigenvalue weighted by molar-refractivity contribution is 5.85. The number of piperidine rings is 1. The molecule has 8 aliphatic rings. The van der Waals surface area contributed by atoms with Crippen LogP contribution < -0.4 is 17.0 Å². The first-order chi connectivity index (χ1) is 25.4. The Balaban J connectivity index is 0.00000413. The van der Waals surface area contributed by atoms with E-state index >= 15 is 0 Å². The smallest absolute Gasteiger partial charge is 0.362 e. The molecule has 0 amide bonds. The number of epoxide rings is 1. The number of carbonyl (C=O) groups excluding carboxylic acids is 4. The highest BCUT2D eigenvalue weighted by atomic mass is 79.9. The van der Waals surface area contributed by atoms with Gasteiger partial charge in [0.2, 0.25) is 0 Å². The van der Waals surface area contributed by atoms with Crippen LogP contribution in [0.5, 0.6) is 0 Å². The Bertz CT molecular complexity index is 1690. The van der Waals surface area contributed by atoms with Gasteiger partial charge in [-0.3, -0.25) is 4.79 Å². The third kappa shape index (κ3) is 5.70. The summed E-state index contributed by atoms with van der Waals surface area (Å²) in [6.45, 7) is 2.41. The first-order valence-corrected chi connectivity index (χ1v) is 20.1. The molecule has 5 unspecified atom stereocenters. The number of hydrogen-bond acceptors (Lipinski definition) is 10. The Kier molecular flexibility index (Phi) is 9.76. The maximum absolute atomic E-state index is 13.7. The number of nitrogens with zero attached hydrogens (tertiary/aromatic N) is 1. The number of carbonyl (C=O) groups is 4. The number of hydrogen-bond donors (Lipinski definition) is 2. The average molecular weight is 813 g/mol. The van der Waals surface area contributed by atoms with E-state index in [9.17, 15) is 29.4 Å². The number of halogens is 1. The third-order valence-electron chi connectivity index (χ3n) is 16.3. The summed E-state index contributed by atoms with van der Waals surface area (Å²) in [7, 11) is 2.10. The molecule has 1 aromatic rings. The van der Waals surface area contributed by atoms with Crippen LogP contribution in [-0.2, 0) is 38.1 Å². The van der Waals surface area contributed by atoms with Crippen molar-refractivity contribution in [3.05, 3.63) is 47.5 Å². The Morgan fingerprint density at radius 3 is 2.37 bits per heavy atom. The molecule has 9 rings (SSSR count). The van der Waals surface area contributed by atoms with Crippen LogP contribution in [-0.4, -0.2) is 108 Å². The molecule has 1 aromatic carbocycles. The number of ether oxygens (including phenoxy) is 4. The normalized spacial score (nSPS) is 45.9. The van der Waals surface area contributed by atoms with Gasteiger partial charge in [-0.15, -0.1) is 0 Å². The molecular formula is C42H54BrNO10. The predicted octanol–water partition coefficient (Wildman–Crippen LogP) is 0.785. The summed E-state index contributed by atoms with van der Waals surface area (Å²) in [6.07, 6.45) is 10.3. The fourth-order valence-corrected chi connectivity index (χ4v) is 13.5. The monoisotopic (exact) mass is 811 g/mol. The molecule has 4 saturated carbocycles. The maximum Gasteiger partial charge on any atom is 0.362 e. The van der Waals surface area contributed by atoms with E-state index in [4.69, 9.17) is 18.9 Å². The molecule has 2 N–H and O–H groups in total. The van der Waals surface area contributed by atoms with Crippen molar-refractivity contribution in [3.63, 3.8) is 0 Å². The standard InChI is InChI=1S/C42H54NO10.BrH/c1-40-13-11-31-32(42(40,49)15-12-30(40)25-16-35(46)50-22-25)9-8-26-17-27(10-14-41(26,31)23-45)51-36(47)20-43(2)33-18-28(19-34(43)38-37(33)53-38)52-39(48)29(21-44)24-6-4-3-5-7-24;/h3-7,16,23,26-34,37-38,44,49H,8-15,17-22H2,1-2H3;1H/q+1;/p-1/t26-,27+,28?,29?,30-,31+,32-,33?,34?,37?,38?,40-,41-,42+,43?;/m1./s1. The zero-order valence-electron chi connectivity index (χ0n) is 31.3. The second kappa shape index (κ2) is 13.8. The summed E-state index contributed by atoms with van der Waals surface area (Å²) in [5.74, 6) is -1.36. The van der Waals surface area contributed by atoms with Gasteiger partial charge in [0, 0.05) is 29.7 Å². The van der Waals surface area contributed by atoms with Gasteiger partial charge >= 0.3 is 17.9 Å². The van der Waals surface area contributed by atoms with Gasteiger partial charge in [0.15, 0.2) is 6.54 Å². The number of rotatable bonds is 9. The molecule has 0 aromatic heterocycles. The number of aliphatic hydroxyl groups excluding tert-OH is 1. The van der Waals surface area contributed by atoms with Gasteiger partial charge < -0.3 is 55.4 Å². The molecule has 4 aliphatic heterocycles. The predicted molar refractivity (Wildman–Crippen MR) is 189 cm³/mol. The first kappa shape index (κ1) is 38.2. The second-order valence-corrected chi connectivity index (χ2v) is 18.3. The van der Waals surface area contributed by atoms with Gasteiger partial charge in [-0.25, -0.2) is 9.59 Å². The fourth-order valence-electron chi connectivity index (χ4n) is 13.5. The Morgan fingerprint density at radius 1 is 0.963 bits per heavy atom. The zero-order valence-corrected chi connectivity index (χ0v) is 32.9. The second-order valence-electron chi connectivity index (χ2n) is 18.3. The zero-order chi connectivity index (χ0) is 36.9. The quantitative estimate of drug-likeness (QED) is 0.121. The molecule has 54 heavy (non-hydrogen) atoms. The highest BCUT2D eigenvalue weighted by Crippen LogP contribution is 2.69. The van der Waals surface area contributed by atoms with Gasteiger partial charge in [0.25, 0.3) is 0 Å². The molecule has 11 nitrogen and oxygen atoms in total. The van der Waals surface area contributed by atoms with Crippen molar-refractivity contribution in [2.75, 3.05) is 26.8 Å². The Labute approximate surface area is 327 Å². The number of likely N-dealkylation sites (N-methyl/N-ethyl adjacent to an activating group) is 1. The third-order valence-corrected chi connectivity index (χ3v) is 16.3. The summed E-state index contributed by atoms with van der Waals surface area (Å²) in [5.41, 5.74) is -0.0540. The SMILES string of the molecule is C[C@]12CC[C@H]3[C@@H](CC[C@@H]4C[C@@H](OC(=O)C[N+]5(C)C6CC(OC(=O)C(CO)c7ccccc7)CC5C5OC56)CC[C@@]43C=O)[C@@]1(O)CC[C@@H]2C1=CC(=O)OC1.[Br-]. The summed E-state index contributed by atoms with van der Waals surface area (Å²) >= 11 is 0. The molecule has 2 bridgehead atoms. The van der Waals surface area contributed by atoms with Crippen molar-refractivity contribution >= 4 is 24.2 Å². The topological polar surface area (TPSA) is 149 Å². The number of morpholine rings is 1. The Hall–Kier alpha value is -2.64. The summed E-state index contributed by atoms with van der Waals surface area (Å²) < 4.78 is 24.1. The van der Waals surface area contributed by atoms with Gasteiger partial charge in [-0.1, -0.05) is 37.3 Å². The first-order valence-electron chi connectivity index (χ1n) is 20.1. The van der Waals surface area contributed by atoms with Crippen molar-refractivity contribution < 1.29 is 69.8 Å². The van der Waals surface area contributed by atoms with E-state index < -0.39 is 22.9 Å². The van der Waals surface area contributed by atoms with Crippen LogP contribution in [0.15, 0.2) is 42.0 Å². The summed E-state index contributed by atoms with van der Waals surface area (Å²) in [6, 6.07) is 9.21. The molecule has 294 valence electrons. The van der Waals surface area contributed by atoms with Crippen LogP contribution in [0.25, 0.3) is 0 Å². The maximum atomic E-state index is 13.7. The van der Waals surface area contributed by atoms with E-state index in [1.165, 1.54) is 6.29 Å². The minimum absolute atomic E-state index is 0. The minimum Gasteiger partial charge on any atom is -1.00 e. The lowest BCUT2D eigenvalue weighted by molar-refractivity contribution is -0.949.